The van der Waals surface area contributed by atoms with E-state index in [2.05, 4.69) is 12.2 Å². The lowest BCUT2D eigenvalue weighted by molar-refractivity contribution is -0.112. The molecule has 1 aliphatic rings. The predicted octanol–water partition coefficient (Wildman–Crippen LogP) is 4.13. The van der Waals surface area contributed by atoms with Crippen LogP contribution in [0.2, 0.25) is 0 Å². The Balaban J connectivity index is 1.86. The second kappa shape index (κ2) is 7.96. The highest BCUT2D eigenvalue weighted by atomic mass is 16.5. The molecule has 1 unspecified atom stereocenters. The molecule has 2 aromatic rings. The van der Waals surface area contributed by atoms with E-state index >= 15 is 0 Å². The third kappa shape index (κ3) is 4.12. The zero-order chi connectivity index (χ0) is 19.4. The Morgan fingerprint density at radius 1 is 1.37 bits per heavy atom. The van der Waals surface area contributed by atoms with Crippen LogP contribution in [0, 0.1) is 11.3 Å². The van der Waals surface area contributed by atoms with Gasteiger partial charge < -0.3 is 14.8 Å². The first-order chi connectivity index (χ1) is 13.0. The molecule has 0 radical (unpaired) electrons. The van der Waals surface area contributed by atoms with Crippen LogP contribution < -0.4 is 14.8 Å². The number of nitrogens with zero attached hydrogens (tertiary/aromatic N) is 1. The smallest absolute Gasteiger partial charge is 0.266 e. The van der Waals surface area contributed by atoms with Crippen LogP contribution in [-0.4, -0.2) is 19.1 Å². The van der Waals surface area contributed by atoms with Crippen molar-refractivity contribution in [3.63, 3.8) is 0 Å². The van der Waals surface area contributed by atoms with Gasteiger partial charge in [-0.15, -0.1) is 0 Å². The number of benzene rings is 2. The fourth-order valence-electron chi connectivity index (χ4n) is 3.07. The van der Waals surface area contributed by atoms with Crippen LogP contribution >= 0.6 is 0 Å². The van der Waals surface area contributed by atoms with Gasteiger partial charge in [0, 0.05) is 23.2 Å². The Bertz CT molecular complexity index is 924. The summed E-state index contributed by atoms with van der Waals surface area (Å²) in [5.74, 6) is 0.917. The number of nitriles is 1. The summed E-state index contributed by atoms with van der Waals surface area (Å²) in [5.41, 5.74) is 3.53. The minimum atomic E-state index is -0.460. The predicted molar refractivity (Wildman–Crippen MR) is 105 cm³/mol. The second-order valence-corrected chi connectivity index (χ2v) is 6.51. The van der Waals surface area contributed by atoms with Gasteiger partial charge in [-0.25, -0.2) is 0 Å². The Kier molecular flexibility index (Phi) is 5.46. The van der Waals surface area contributed by atoms with Gasteiger partial charge in [0.25, 0.3) is 5.91 Å². The van der Waals surface area contributed by atoms with Crippen LogP contribution in [0.15, 0.2) is 42.0 Å². The summed E-state index contributed by atoms with van der Waals surface area (Å²) in [6.45, 7) is 4.07. The Morgan fingerprint density at radius 3 is 2.74 bits per heavy atom. The highest BCUT2D eigenvalue weighted by Crippen LogP contribution is 2.36. The number of carbonyl (C=O) groups is 1. The molecule has 0 saturated heterocycles. The van der Waals surface area contributed by atoms with E-state index in [0.717, 1.165) is 24.2 Å². The third-order valence-electron chi connectivity index (χ3n) is 4.53. The zero-order valence-electron chi connectivity index (χ0n) is 15.7. The molecule has 0 saturated carbocycles. The molecular formula is C22H22N2O3. The van der Waals surface area contributed by atoms with Gasteiger partial charge >= 0.3 is 0 Å². The van der Waals surface area contributed by atoms with Gasteiger partial charge in [-0.3, -0.25) is 4.79 Å². The van der Waals surface area contributed by atoms with Gasteiger partial charge in [0.2, 0.25) is 0 Å². The number of hydrogen-bond acceptors (Lipinski definition) is 4. The monoisotopic (exact) mass is 362 g/mol. The molecule has 0 fully saturated rings. The van der Waals surface area contributed by atoms with Gasteiger partial charge in [0.1, 0.15) is 29.2 Å². The highest BCUT2D eigenvalue weighted by Gasteiger charge is 2.22. The molecule has 0 aliphatic carbocycles. The van der Waals surface area contributed by atoms with Gasteiger partial charge in [-0.05, 0) is 49.2 Å². The number of methoxy groups -OCH3 is 1. The third-order valence-corrected chi connectivity index (χ3v) is 4.53. The van der Waals surface area contributed by atoms with Gasteiger partial charge in [-0.1, -0.05) is 19.1 Å². The molecule has 138 valence electrons. The Labute approximate surface area is 159 Å². The fraction of sp³-hybridized carbons (Fsp3) is 0.273. The van der Waals surface area contributed by atoms with Gasteiger partial charge in [0.15, 0.2) is 0 Å². The lowest BCUT2D eigenvalue weighted by Gasteiger charge is -2.09. The van der Waals surface area contributed by atoms with Crippen molar-refractivity contribution in [2.45, 2.75) is 32.8 Å². The maximum atomic E-state index is 12.5. The van der Waals surface area contributed by atoms with Crippen molar-refractivity contribution >= 4 is 17.7 Å². The molecule has 1 atom stereocenters. The number of aryl methyl sites for hydroxylation is 1. The molecular weight excluding hydrogens is 340 g/mol. The van der Waals surface area contributed by atoms with Crippen molar-refractivity contribution in [3.8, 4) is 17.6 Å². The number of ether oxygens (including phenoxy) is 2. The first kappa shape index (κ1) is 18.5. The van der Waals surface area contributed by atoms with E-state index < -0.39 is 5.91 Å². The first-order valence-electron chi connectivity index (χ1n) is 8.93. The van der Waals surface area contributed by atoms with E-state index in [4.69, 9.17) is 9.47 Å². The van der Waals surface area contributed by atoms with Crippen molar-refractivity contribution < 1.29 is 14.3 Å². The van der Waals surface area contributed by atoms with E-state index in [9.17, 15) is 10.1 Å². The maximum absolute atomic E-state index is 12.5. The molecule has 0 bridgehead atoms. The zero-order valence-corrected chi connectivity index (χ0v) is 15.7. The standard InChI is InChI=1S/C22H22N2O3/c1-4-15-5-7-19(8-6-15)24-22(25)18(13-23)10-17-12-21-16(9-14(2)27-21)11-20(17)26-3/h5-8,10-12,14H,4,9H2,1-3H3,(H,24,25)/b18-10+. The molecule has 3 rings (SSSR count). The average molecular weight is 362 g/mol. The summed E-state index contributed by atoms with van der Waals surface area (Å²) in [5, 5.41) is 12.2. The Morgan fingerprint density at radius 2 is 2.11 bits per heavy atom. The summed E-state index contributed by atoms with van der Waals surface area (Å²) in [6, 6.07) is 13.3. The lowest BCUT2D eigenvalue weighted by atomic mass is 10.0. The van der Waals surface area contributed by atoms with E-state index in [1.54, 1.807) is 7.11 Å². The number of nitrogens with one attached hydrogen (secondary N) is 1. The number of anilines is 1. The van der Waals surface area contributed by atoms with Crippen LogP contribution in [-0.2, 0) is 17.6 Å². The first-order valence-corrected chi connectivity index (χ1v) is 8.93. The number of rotatable bonds is 5. The summed E-state index contributed by atoms with van der Waals surface area (Å²) < 4.78 is 11.2. The molecule has 1 aliphatic heterocycles. The van der Waals surface area contributed by atoms with Gasteiger partial charge in [-0.2, -0.15) is 5.26 Å². The molecule has 5 nitrogen and oxygen atoms in total. The quantitative estimate of drug-likeness (QED) is 0.641. The average Bonchev–Trinajstić information content (AvgIpc) is 3.04. The maximum Gasteiger partial charge on any atom is 0.266 e. The van der Waals surface area contributed by atoms with Crippen molar-refractivity contribution in [1.29, 1.82) is 5.26 Å². The van der Waals surface area contributed by atoms with Crippen LogP contribution in [0.25, 0.3) is 6.08 Å². The lowest BCUT2D eigenvalue weighted by Crippen LogP contribution is -2.13. The number of carbonyl (C=O) groups excluding carboxylic acids is 1. The molecule has 1 N–H and O–H groups in total. The van der Waals surface area contributed by atoms with Crippen molar-refractivity contribution in [1.82, 2.24) is 0 Å². The van der Waals surface area contributed by atoms with Crippen molar-refractivity contribution in [2.24, 2.45) is 0 Å². The van der Waals surface area contributed by atoms with E-state index in [-0.39, 0.29) is 11.7 Å². The van der Waals surface area contributed by atoms with Crippen molar-refractivity contribution in [2.75, 3.05) is 12.4 Å². The van der Waals surface area contributed by atoms with E-state index in [1.807, 2.05) is 49.4 Å². The summed E-state index contributed by atoms with van der Waals surface area (Å²) in [6.07, 6.45) is 3.38. The van der Waals surface area contributed by atoms with Crippen LogP contribution in [0.3, 0.4) is 0 Å². The summed E-state index contributed by atoms with van der Waals surface area (Å²) in [7, 11) is 1.57. The minimum Gasteiger partial charge on any atom is -0.496 e. The van der Waals surface area contributed by atoms with E-state index in [1.165, 1.54) is 11.6 Å². The second-order valence-electron chi connectivity index (χ2n) is 6.51. The number of amides is 1. The number of hydrogen-bond donors (Lipinski definition) is 1. The molecule has 2 aromatic carbocycles. The van der Waals surface area contributed by atoms with Crippen molar-refractivity contribution in [3.05, 3.63) is 58.7 Å². The van der Waals surface area contributed by atoms with Crippen LogP contribution in [0.4, 0.5) is 5.69 Å². The Hall–Kier alpha value is -3.26. The fourth-order valence-corrected chi connectivity index (χ4v) is 3.07. The van der Waals surface area contributed by atoms with Crippen LogP contribution in [0.1, 0.15) is 30.5 Å². The minimum absolute atomic E-state index is 0.00105. The molecule has 5 heteroatoms. The largest absolute Gasteiger partial charge is 0.496 e. The SMILES string of the molecule is CCc1ccc(NC(=O)/C(C#N)=C/c2cc3c(cc2OC)CC(C)O3)cc1. The number of fused-ring (bicyclic) bond motifs is 1. The topological polar surface area (TPSA) is 71.4 Å². The molecule has 0 aromatic heterocycles. The molecule has 1 heterocycles. The van der Waals surface area contributed by atoms with E-state index in [0.29, 0.717) is 17.0 Å². The summed E-state index contributed by atoms with van der Waals surface area (Å²) in [4.78, 5) is 12.5. The summed E-state index contributed by atoms with van der Waals surface area (Å²) >= 11 is 0. The molecule has 27 heavy (non-hydrogen) atoms. The normalized spacial score (nSPS) is 15.5. The molecule has 1 amide bonds. The molecule has 0 spiro atoms. The highest BCUT2D eigenvalue weighted by molar-refractivity contribution is 6.09. The van der Waals surface area contributed by atoms with Crippen LogP contribution in [0.5, 0.6) is 11.5 Å². The van der Waals surface area contributed by atoms with Gasteiger partial charge in [0.05, 0.1) is 7.11 Å².